The average molecular weight is 253 g/mol. The van der Waals surface area contributed by atoms with Crippen LogP contribution in [0.2, 0.25) is 0 Å². The fourth-order valence-electron chi connectivity index (χ4n) is 1.42. The highest BCUT2D eigenvalue weighted by atomic mass is 19.4. The van der Waals surface area contributed by atoms with E-state index < -0.39 is 34.6 Å². The van der Waals surface area contributed by atoms with E-state index in [9.17, 15) is 26.3 Å². The second kappa shape index (κ2) is 3.95. The molecule has 0 heterocycles. The monoisotopic (exact) mass is 253 g/mol. The molecule has 92 valence electrons. The number of aryl methyl sites for hydroxylation is 1. The van der Waals surface area contributed by atoms with Crippen molar-refractivity contribution in [2.45, 2.75) is 19.3 Å². The van der Waals surface area contributed by atoms with Crippen LogP contribution in [0.25, 0.3) is 0 Å². The van der Waals surface area contributed by atoms with E-state index in [0.717, 1.165) is 13.0 Å². The van der Waals surface area contributed by atoms with Crippen LogP contribution >= 0.6 is 0 Å². The molecular weight excluding hydrogens is 248 g/mol. The third kappa shape index (κ3) is 2.70. The van der Waals surface area contributed by atoms with Gasteiger partial charge < -0.3 is 0 Å². The number of benzene rings is 1. The molecule has 0 aromatic heterocycles. The normalized spacial score (nSPS) is 12.4. The lowest BCUT2D eigenvalue weighted by Gasteiger charge is -2.15. The molecule has 0 saturated heterocycles. The number of hydrogen-bond acceptors (Lipinski definition) is 1. The molecule has 0 radical (unpaired) electrons. The zero-order chi connectivity index (χ0) is 13.4. The van der Waals surface area contributed by atoms with Gasteiger partial charge in [0.25, 0.3) is 0 Å². The van der Waals surface area contributed by atoms with E-state index in [2.05, 4.69) is 0 Å². The molecule has 0 atom stereocenters. The number of hydrogen-bond donors (Lipinski definition) is 0. The highest BCUT2D eigenvalue weighted by molar-refractivity contribution is 5.47. The molecule has 1 aromatic carbocycles. The summed E-state index contributed by atoms with van der Waals surface area (Å²) in [4.78, 5) is 0. The topological polar surface area (TPSA) is 23.8 Å². The molecule has 0 saturated carbocycles. The standard InChI is InChI=1S/C10H5F6N/c1-5-2-7(9(11,12)13)3-6(4-17)8(5)10(14,15)16/h2-3H,1H3. The Morgan fingerprint density at radius 3 is 1.88 bits per heavy atom. The van der Waals surface area contributed by atoms with E-state index in [0.29, 0.717) is 6.07 Å². The van der Waals surface area contributed by atoms with Gasteiger partial charge in [-0.15, -0.1) is 0 Å². The Kier molecular flexibility index (Phi) is 3.10. The summed E-state index contributed by atoms with van der Waals surface area (Å²) in [5, 5.41) is 8.48. The summed E-state index contributed by atoms with van der Waals surface area (Å²) in [6, 6.07) is 1.72. The largest absolute Gasteiger partial charge is 0.417 e. The van der Waals surface area contributed by atoms with Gasteiger partial charge in [-0.3, -0.25) is 0 Å². The summed E-state index contributed by atoms with van der Waals surface area (Å²) in [7, 11) is 0. The summed E-state index contributed by atoms with van der Waals surface area (Å²) >= 11 is 0. The van der Waals surface area contributed by atoms with Crippen molar-refractivity contribution in [1.29, 1.82) is 5.26 Å². The van der Waals surface area contributed by atoms with E-state index >= 15 is 0 Å². The zero-order valence-corrected chi connectivity index (χ0v) is 8.37. The van der Waals surface area contributed by atoms with Crippen molar-refractivity contribution >= 4 is 0 Å². The molecule has 0 fully saturated rings. The quantitative estimate of drug-likeness (QED) is 0.643. The molecule has 0 amide bonds. The number of alkyl halides is 6. The van der Waals surface area contributed by atoms with Crippen molar-refractivity contribution in [2.24, 2.45) is 0 Å². The fraction of sp³-hybridized carbons (Fsp3) is 0.300. The minimum absolute atomic E-state index is 0.204. The van der Waals surface area contributed by atoms with Crippen LogP contribution in [0.4, 0.5) is 26.3 Å². The van der Waals surface area contributed by atoms with Gasteiger partial charge in [0.1, 0.15) is 0 Å². The molecule has 0 aliphatic heterocycles. The van der Waals surface area contributed by atoms with Crippen LogP contribution in [-0.4, -0.2) is 0 Å². The molecule has 0 bridgehead atoms. The Morgan fingerprint density at radius 2 is 1.53 bits per heavy atom. The van der Waals surface area contributed by atoms with Gasteiger partial charge in [-0.25, -0.2) is 0 Å². The molecule has 0 aliphatic rings. The predicted molar refractivity (Wildman–Crippen MR) is 45.9 cm³/mol. The molecule has 17 heavy (non-hydrogen) atoms. The van der Waals surface area contributed by atoms with Crippen LogP contribution in [0.1, 0.15) is 22.3 Å². The second-order valence-electron chi connectivity index (χ2n) is 3.32. The van der Waals surface area contributed by atoms with Crippen molar-refractivity contribution in [1.82, 2.24) is 0 Å². The fourth-order valence-corrected chi connectivity index (χ4v) is 1.42. The van der Waals surface area contributed by atoms with Crippen molar-refractivity contribution in [3.05, 3.63) is 34.4 Å². The van der Waals surface area contributed by atoms with E-state index in [1.54, 1.807) is 0 Å². The van der Waals surface area contributed by atoms with Crippen LogP contribution in [0.3, 0.4) is 0 Å². The van der Waals surface area contributed by atoms with Gasteiger partial charge in [-0.2, -0.15) is 31.6 Å². The molecule has 0 aliphatic carbocycles. The molecule has 1 nitrogen and oxygen atoms in total. The molecular formula is C10H5F6N. The average Bonchev–Trinajstić information content (AvgIpc) is 2.12. The van der Waals surface area contributed by atoms with Crippen LogP contribution in [-0.2, 0) is 12.4 Å². The second-order valence-corrected chi connectivity index (χ2v) is 3.32. The Bertz CT molecular complexity index is 477. The SMILES string of the molecule is Cc1cc(C(F)(F)F)cc(C#N)c1C(F)(F)F. The summed E-state index contributed by atoms with van der Waals surface area (Å²) in [6.07, 6.45) is -9.63. The van der Waals surface area contributed by atoms with Gasteiger partial charge in [0.15, 0.2) is 0 Å². The summed E-state index contributed by atoms with van der Waals surface area (Å²) in [5.74, 6) is 0. The summed E-state index contributed by atoms with van der Waals surface area (Å²) in [5.41, 5.74) is -4.23. The van der Waals surface area contributed by atoms with E-state index in [1.165, 1.54) is 0 Å². The van der Waals surface area contributed by atoms with Crippen LogP contribution in [0, 0.1) is 18.3 Å². The van der Waals surface area contributed by atoms with Gasteiger partial charge in [0.2, 0.25) is 0 Å². The Labute approximate surface area is 92.3 Å². The van der Waals surface area contributed by atoms with Crippen molar-refractivity contribution in [3.8, 4) is 6.07 Å². The number of halogens is 6. The third-order valence-electron chi connectivity index (χ3n) is 2.07. The van der Waals surface area contributed by atoms with Crippen molar-refractivity contribution < 1.29 is 26.3 Å². The maximum atomic E-state index is 12.5. The number of nitriles is 1. The smallest absolute Gasteiger partial charge is 0.192 e. The summed E-state index contributed by atoms with van der Waals surface area (Å²) in [6.45, 7) is 0.888. The Hall–Kier alpha value is -1.71. The summed E-state index contributed by atoms with van der Waals surface area (Å²) < 4.78 is 74.4. The van der Waals surface area contributed by atoms with Gasteiger partial charge in [-0.1, -0.05) is 0 Å². The van der Waals surface area contributed by atoms with E-state index in [4.69, 9.17) is 5.26 Å². The number of rotatable bonds is 0. The maximum absolute atomic E-state index is 12.5. The third-order valence-corrected chi connectivity index (χ3v) is 2.07. The van der Waals surface area contributed by atoms with Crippen molar-refractivity contribution in [3.63, 3.8) is 0 Å². The molecule has 7 heteroatoms. The lowest BCUT2D eigenvalue weighted by Crippen LogP contribution is -2.14. The zero-order valence-electron chi connectivity index (χ0n) is 8.37. The molecule has 1 aromatic rings. The molecule has 0 unspecified atom stereocenters. The van der Waals surface area contributed by atoms with Gasteiger partial charge >= 0.3 is 12.4 Å². The minimum atomic E-state index is -4.85. The van der Waals surface area contributed by atoms with E-state index in [1.807, 2.05) is 0 Å². The van der Waals surface area contributed by atoms with Crippen LogP contribution in [0.5, 0.6) is 0 Å². The van der Waals surface area contributed by atoms with Gasteiger partial charge in [-0.05, 0) is 24.6 Å². The Balaban J connectivity index is 3.55. The first-order chi connectivity index (χ1) is 7.57. The lowest BCUT2D eigenvalue weighted by molar-refractivity contribution is -0.141. The lowest BCUT2D eigenvalue weighted by atomic mass is 9.98. The molecule has 1 rings (SSSR count). The van der Waals surface area contributed by atoms with Gasteiger partial charge in [0.05, 0.1) is 22.8 Å². The first-order valence-corrected chi connectivity index (χ1v) is 4.26. The van der Waals surface area contributed by atoms with Crippen LogP contribution in [0.15, 0.2) is 12.1 Å². The van der Waals surface area contributed by atoms with E-state index in [-0.39, 0.29) is 6.07 Å². The van der Waals surface area contributed by atoms with Crippen LogP contribution < -0.4 is 0 Å². The first-order valence-electron chi connectivity index (χ1n) is 4.26. The maximum Gasteiger partial charge on any atom is 0.417 e. The first kappa shape index (κ1) is 13.4. The van der Waals surface area contributed by atoms with Gasteiger partial charge in [0, 0.05) is 0 Å². The predicted octanol–water partition coefficient (Wildman–Crippen LogP) is 3.90. The highest BCUT2D eigenvalue weighted by Crippen LogP contribution is 2.38. The minimum Gasteiger partial charge on any atom is -0.192 e. The highest BCUT2D eigenvalue weighted by Gasteiger charge is 2.38. The Morgan fingerprint density at radius 1 is 1.00 bits per heavy atom. The number of nitrogens with zero attached hydrogens (tertiary/aromatic N) is 1. The molecule has 0 spiro atoms. The van der Waals surface area contributed by atoms with Crippen molar-refractivity contribution in [2.75, 3.05) is 0 Å². The molecule has 0 N–H and O–H groups in total.